The summed E-state index contributed by atoms with van der Waals surface area (Å²) in [6.45, 7) is 1.64. The van der Waals surface area contributed by atoms with Gasteiger partial charge in [0, 0.05) is 46.8 Å². The average molecular weight is 639 g/mol. The molecule has 0 aliphatic rings. The summed E-state index contributed by atoms with van der Waals surface area (Å²) < 4.78 is 32.4. The zero-order valence-electron chi connectivity index (χ0n) is 26.1. The molecule has 0 unspecified atom stereocenters. The van der Waals surface area contributed by atoms with Crippen molar-refractivity contribution in [3.63, 3.8) is 0 Å². The van der Waals surface area contributed by atoms with Gasteiger partial charge in [0.15, 0.2) is 0 Å². The summed E-state index contributed by atoms with van der Waals surface area (Å²) in [5, 5.41) is 21.1. The van der Waals surface area contributed by atoms with E-state index in [1.54, 1.807) is 13.1 Å². The maximum Gasteiger partial charge on any atom is 0.138 e. The largest absolute Gasteiger partial charge is 0.382 e. The molecule has 0 fully saturated rings. The molecule has 3 aromatic heterocycles. The lowest BCUT2D eigenvalue weighted by Crippen LogP contribution is -2.38. The molecule has 0 aliphatic heterocycles. The second kappa shape index (κ2) is 12.8. The molecule has 7 rings (SSSR count). The monoisotopic (exact) mass is 638 g/mol. The van der Waals surface area contributed by atoms with E-state index >= 15 is 4.39 Å². The minimum Gasteiger partial charge on any atom is -0.382 e. The highest BCUT2D eigenvalue weighted by Crippen LogP contribution is 2.42. The van der Waals surface area contributed by atoms with Gasteiger partial charge in [0.2, 0.25) is 0 Å². The Morgan fingerprint density at radius 2 is 1.35 bits per heavy atom. The molecular formula is C39H32F2N6O. The minimum absolute atomic E-state index is 0.0573. The summed E-state index contributed by atoms with van der Waals surface area (Å²) >= 11 is 0. The maximum atomic E-state index is 15.1. The van der Waals surface area contributed by atoms with Crippen molar-refractivity contribution in [1.82, 2.24) is 29.5 Å². The SMILES string of the molecule is C[C@@H](c1ccc(-c2cnn(C(c3ccccc3)(c3ccccc3)c3ccccc3)c2)cn1)[C@](O)(Cn1cncn1)c1ccc(F)cc1F. The van der Waals surface area contributed by atoms with E-state index in [1.807, 2.05) is 83.8 Å². The van der Waals surface area contributed by atoms with Crippen LogP contribution in [0, 0.1) is 11.6 Å². The Morgan fingerprint density at radius 3 is 1.88 bits per heavy atom. The van der Waals surface area contributed by atoms with E-state index in [9.17, 15) is 9.50 Å². The van der Waals surface area contributed by atoms with Gasteiger partial charge in [0.1, 0.15) is 35.4 Å². The van der Waals surface area contributed by atoms with E-state index in [2.05, 4.69) is 46.5 Å². The normalized spacial score (nSPS) is 13.6. The van der Waals surface area contributed by atoms with Crippen LogP contribution in [0.3, 0.4) is 0 Å². The van der Waals surface area contributed by atoms with Crippen LogP contribution in [-0.4, -0.2) is 34.6 Å². The second-order valence-electron chi connectivity index (χ2n) is 11.8. The van der Waals surface area contributed by atoms with Crippen LogP contribution < -0.4 is 0 Å². The van der Waals surface area contributed by atoms with Crippen LogP contribution in [0.5, 0.6) is 0 Å². The molecule has 3 heterocycles. The van der Waals surface area contributed by atoms with Crippen molar-refractivity contribution >= 4 is 0 Å². The molecule has 4 aromatic carbocycles. The molecule has 7 aromatic rings. The minimum atomic E-state index is -1.81. The highest BCUT2D eigenvalue weighted by molar-refractivity contribution is 5.62. The topological polar surface area (TPSA) is 81.6 Å². The lowest BCUT2D eigenvalue weighted by Gasteiger charge is -2.36. The highest BCUT2D eigenvalue weighted by Gasteiger charge is 2.41. The summed E-state index contributed by atoms with van der Waals surface area (Å²) in [6.07, 6.45) is 8.33. The van der Waals surface area contributed by atoms with E-state index in [0.717, 1.165) is 39.9 Å². The number of aliphatic hydroxyl groups is 1. The predicted molar refractivity (Wildman–Crippen MR) is 179 cm³/mol. The van der Waals surface area contributed by atoms with Crippen LogP contribution in [0.1, 0.15) is 40.8 Å². The summed E-state index contributed by atoms with van der Waals surface area (Å²) in [7, 11) is 0. The summed E-state index contributed by atoms with van der Waals surface area (Å²) in [4.78, 5) is 8.68. The predicted octanol–water partition coefficient (Wildman–Crippen LogP) is 7.35. The Labute approximate surface area is 276 Å². The van der Waals surface area contributed by atoms with Crippen LogP contribution in [0.15, 0.2) is 153 Å². The zero-order valence-corrected chi connectivity index (χ0v) is 26.1. The van der Waals surface area contributed by atoms with Gasteiger partial charge in [-0.2, -0.15) is 10.2 Å². The third-order valence-electron chi connectivity index (χ3n) is 9.05. The molecule has 0 spiro atoms. The fourth-order valence-electron chi connectivity index (χ4n) is 6.52. The maximum absolute atomic E-state index is 15.1. The van der Waals surface area contributed by atoms with Gasteiger partial charge < -0.3 is 5.11 Å². The number of hydrogen-bond donors (Lipinski definition) is 1. The smallest absolute Gasteiger partial charge is 0.138 e. The van der Waals surface area contributed by atoms with Crippen molar-refractivity contribution in [2.24, 2.45) is 0 Å². The average Bonchev–Trinajstić information content (AvgIpc) is 3.83. The molecule has 0 bridgehead atoms. The Morgan fingerprint density at radius 1 is 0.729 bits per heavy atom. The Balaban J connectivity index is 1.28. The number of benzene rings is 4. The lowest BCUT2D eigenvalue weighted by atomic mass is 9.77. The highest BCUT2D eigenvalue weighted by atomic mass is 19.1. The van der Waals surface area contributed by atoms with Crippen LogP contribution in [-0.2, 0) is 17.7 Å². The van der Waals surface area contributed by atoms with Crippen LogP contribution in [0.2, 0.25) is 0 Å². The standard InChI is InChI=1S/C39H32F2N6O/c1-28(38(48,25-46-27-42-26-45-46)35-19-18-34(40)21-36(35)41)37-20-17-29(22-43-37)30-23-44-47(24-30)39(31-11-5-2-6-12-31,32-13-7-3-8-14-32)33-15-9-4-10-16-33/h2-24,26-28,48H,25H2,1H3/t28-,38+/m0/s1. The first kappa shape index (κ1) is 30.8. The zero-order chi connectivity index (χ0) is 33.1. The first-order valence-corrected chi connectivity index (χ1v) is 15.6. The number of pyridine rings is 1. The van der Waals surface area contributed by atoms with Gasteiger partial charge in [-0.05, 0) is 28.8 Å². The van der Waals surface area contributed by atoms with Crippen molar-refractivity contribution in [3.8, 4) is 11.1 Å². The van der Waals surface area contributed by atoms with Crippen LogP contribution in [0.25, 0.3) is 11.1 Å². The van der Waals surface area contributed by atoms with E-state index in [-0.39, 0.29) is 12.1 Å². The number of hydrogen-bond acceptors (Lipinski definition) is 5. The molecule has 238 valence electrons. The van der Waals surface area contributed by atoms with Crippen LogP contribution >= 0.6 is 0 Å². The molecule has 0 aliphatic carbocycles. The first-order chi connectivity index (χ1) is 23.4. The third-order valence-corrected chi connectivity index (χ3v) is 9.05. The van der Waals surface area contributed by atoms with Gasteiger partial charge in [0.05, 0.1) is 12.7 Å². The molecule has 48 heavy (non-hydrogen) atoms. The van der Waals surface area contributed by atoms with Crippen LogP contribution in [0.4, 0.5) is 8.78 Å². The lowest BCUT2D eigenvalue weighted by molar-refractivity contribution is -0.0123. The van der Waals surface area contributed by atoms with Crippen molar-refractivity contribution < 1.29 is 13.9 Å². The summed E-state index contributed by atoms with van der Waals surface area (Å²) in [6, 6.07) is 37.8. The molecule has 1 N–H and O–H groups in total. The molecule has 0 saturated carbocycles. The first-order valence-electron chi connectivity index (χ1n) is 15.6. The van der Waals surface area contributed by atoms with Gasteiger partial charge in [-0.1, -0.05) is 110 Å². The van der Waals surface area contributed by atoms with Gasteiger partial charge in [-0.25, -0.2) is 18.4 Å². The molecule has 2 atom stereocenters. The van der Waals surface area contributed by atoms with Gasteiger partial charge >= 0.3 is 0 Å². The van der Waals surface area contributed by atoms with Gasteiger partial charge in [-0.15, -0.1) is 0 Å². The molecule has 7 nitrogen and oxygen atoms in total. The quantitative estimate of drug-likeness (QED) is 0.159. The summed E-state index contributed by atoms with van der Waals surface area (Å²) in [5.74, 6) is -2.29. The fraction of sp³-hybridized carbons (Fsp3) is 0.128. The van der Waals surface area contributed by atoms with Crippen molar-refractivity contribution in [1.29, 1.82) is 0 Å². The van der Waals surface area contributed by atoms with Crippen molar-refractivity contribution in [2.45, 2.75) is 30.5 Å². The van der Waals surface area contributed by atoms with E-state index in [4.69, 9.17) is 10.1 Å². The number of aromatic nitrogens is 6. The van der Waals surface area contributed by atoms with Crippen molar-refractivity contribution in [2.75, 3.05) is 0 Å². The Bertz CT molecular complexity index is 2010. The molecule has 0 amide bonds. The molecule has 0 radical (unpaired) electrons. The van der Waals surface area contributed by atoms with Crippen molar-refractivity contribution in [3.05, 3.63) is 192 Å². The number of halogens is 2. The molecule has 9 heteroatoms. The van der Waals surface area contributed by atoms with Gasteiger partial charge in [-0.3, -0.25) is 9.67 Å². The number of rotatable bonds is 10. The van der Waals surface area contributed by atoms with E-state index in [0.29, 0.717) is 5.69 Å². The van der Waals surface area contributed by atoms with E-state index < -0.39 is 28.7 Å². The summed E-state index contributed by atoms with van der Waals surface area (Å²) in [5.41, 5.74) is 2.70. The molecular weight excluding hydrogens is 606 g/mol. The van der Waals surface area contributed by atoms with E-state index in [1.165, 1.54) is 23.4 Å². The fourth-order valence-corrected chi connectivity index (χ4v) is 6.52. The second-order valence-corrected chi connectivity index (χ2v) is 11.8. The Hall–Kier alpha value is -5.80. The van der Waals surface area contributed by atoms with Gasteiger partial charge in [0.25, 0.3) is 0 Å². The Kier molecular flexibility index (Phi) is 8.20. The molecule has 0 saturated heterocycles. The third kappa shape index (κ3) is 5.48. The number of nitrogens with zero attached hydrogens (tertiary/aromatic N) is 6.